The summed E-state index contributed by atoms with van der Waals surface area (Å²) >= 11 is 0. The minimum absolute atomic E-state index is 0.0875. The SMILES string of the molecule is CC(C)CC(NC(=O)c1cc2cc([N+](=O)[O-])ccc2o1)C(=O)O. The number of nitro groups is 1. The molecule has 1 unspecified atom stereocenters. The van der Waals surface area contributed by atoms with Crippen LogP contribution in [0.25, 0.3) is 11.0 Å². The standard InChI is InChI=1S/C15H16N2O6/c1-8(2)5-11(15(19)20)16-14(18)13-7-9-6-10(17(21)22)3-4-12(9)23-13/h3-4,6-8,11H,5H2,1-2H3,(H,16,18)(H,19,20). The number of carbonyl (C=O) groups excluding carboxylic acids is 1. The van der Waals surface area contributed by atoms with Gasteiger partial charge in [-0.3, -0.25) is 14.9 Å². The van der Waals surface area contributed by atoms with Gasteiger partial charge in [0.2, 0.25) is 0 Å². The number of furan rings is 1. The van der Waals surface area contributed by atoms with Crippen molar-refractivity contribution in [2.75, 3.05) is 0 Å². The van der Waals surface area contributed by atoms with E-state index < -0.39 is 22.8 Å². The Morgan fingerprint density at radius 1 is 1.35 bits per heavy atom. The molecule has 0 spiro atoms. The molecule has 1 atom stereocenters. The van der Waals surface area contributed by atoms with Gasteiger partial charge >= 0.3 is 5.97 Å². The van der Waals surface area contributed by atoms with Crippen LogP contribution in [0.15, 0.2) is 28.7 Å². The molecule has 1 heterocycles. The lowest BCUT2D eigenvalue weighted by atomic mass is 10.0. The Kier molecular flexibility index (Phi) is 4.63. The highest BCUT2D eigenvalue weighted by Crippen LogP contribution is 2.24. The van der Waals surface area contributed by atoms with Crippen LogP contribution in [-0.2, 0) is 4.79 Å². The van der Waals surface area contributed by atoms with Crippen LogP contribution in [0, 0.1) is 16.0 Å². The molecule has 23 heavy (non-hydrogen) atoms. The molecule has 0 saturated carbocycles. The average molecular weight is 320 g/mol. The third-order valence-corrected chi connectivity index (χ3v) is 3.25. The first-order chi connectivity index (χ1) is 10.8. The molecule has 1 amide bonds. The predicted octanol–water partition coefficient (Wildman–Crippen LogP) is 2.57. The number of nitrogens with zero attached hydrogens (tertiary/aromatic N) is 1. The normalized spacial score (nSPS) is 12.3. The second kappa shape index (κ2) is 6.47. The third-order valence-electron chi connectivity index (χ3n) is 3.25. The van der Waals surface area contributed by atoms with Crippen LogP contribution in [0.1, 0.15) is 30.8 Å². The van der Waals surface area contributed by atoms with E-state index in [2.05, 4.69) is 5.32 Å². The summed E-state index contributed by atoms with van der Waals surface area (Å²) in [5, 5.41) is 22.7. The molecule has 0 radical (unpaired) electrons. The van der Waals surface area contributed by atoms with E-state index in [4.69, 9.17) is 9.52 Å². The summed E-state index contributed by atoms with van der Waals surface area (Å²) in [7, 11) is 0. The maximum absolute atomic E-state index is 12.1. The van der Waals surface area contributed by atoms with Crippen molar-refractivity contribution >= 4 is 28.5 Å². The van der Waals surface area contributed by atoms with Gasteiger partial charge in [0, 0.05) is 17.5 Å². The molecule has 2 aromatic rings. The van der Waals surface area contributed by atoms with E-state index in [9.17, 15) is 19.7 Å². The molecular formula is C15H16N2O6. The molecule has 0 aliphatic carbocycles. The molecule has 0 bridgehead atoms. The van der Waals surface area contributed by atoms with Gasteiger partial charge in [-0.15, -0.1) is 0 Å². The Morgan fingerprint density at radius 3 is 2.61 bits per heavy atom. The predicted molar refractivity (Wildman–Crippen MR) is 81.2 cm³/mol. The Morgan fingerprint density at radius 2 is 2.04 bits per heavy atom. The summed E-state index contributed by atoms with van der Waals surface area (Å²) in [4.78, 5) is 33.5. The van der Waals surface area contributed by atoms with E-state index in [1.807, 2.05) is 13.8 Å². The maximum Gasteiger partial charge on any atom is 0.326 e. The molecule has 8 heteroatoms. The number of hydrogen-bond donors (Lipinski definition) is 2. The molecule has 1 aromatic heterocycles. The lowest BCUT2D eigenvalue weighted by Gasteiger charge is -2.15. The van der Waals surface area contributed by atoms with Crippen LogP contribution in [0.5, 0.6) is 0 Å². The van der Waals surface area contributed by atoms with E-state index in [0.29, 0.717) is 11.0 Å². The minimum Gasteiger partial charge on any atom is -0.480 e. The molecule has 1 aromatic carbocycles. The van der Waals surface area contributed by atoms with Gasteiger partial charge in [0.15, 0.2) is 5.76 Å². The molecule has 122 valence electrons. The number of nitro benzene ring substituents is 1. The number of carbonyl (C=O) groups is 2. The summed E-state index contributed by atoms with van der Waals surface area (Å²) in [5.74, 6) is -1.79. The van der Waals surface area contributed by atoms with Crippen molar-refractivity contribution in [3.63, 3.8) is 0 Å². The van der Waals surface area contributed by atoms with Crippen molar-refractivity contribution in [1.82, 2.24) is 5.32 Å². The first-order valence-electron chi connectivity index (χ1n) is 6.99. The maximum atomic E-state index is 12.1. The Labute approximate surface area is 131 Å². The van der Waals surface area contributed by atoms with Crippen LogP contribution >= 0.6 is 0 Å². The van der Waals surface area contributed by atoms with Gasteiger partial charge in [-0.2, -0.15) is 0 Å². The minimum atomic E-state index is -1.13. The van der Waals surface area contributed by atoms with Crippen molar-refractivity contribution in [2.45, 2.75) is 26.3 Å². The fourth-order valence-corrected chi connectivity index (χ4v) is 2.18. The summed E-state index contributed by atoms with van der Waals surface area (Å²) in [6.45, 7) is 3.70. The van der Waals surface area contributed by atoms with Crippen LogP contribution in [-0.4, -0.2) is 27.9 Å². The van der Waals surface area contributed by atoms with Gasteiger partial charge in [-0.1, -0.05) is 13.8 Å². The first kappa shape index (κ1) is 16.5. The lowest BCUT2D eigenvalue weighted by Crippen LogP contribution is -2.41. The molecule has 0 saturated heterocycles. The van der Waals surface area contributed by atoms with E-state index in [1.165, 1.54) is 24.3 Å². The molecule has 2 N–H and O–H groups in total. The second-order valence-corrected chi connectivity index (χ2v) is 5.58. The van der Waals surface area contributed by atoms with Crippen LogP contribution in [0.2, 0.25) is 0 Å². The van der Waals surface area contributed by atoms with Crippen LogP contribution in [0.3, 0.4) is 0 Å². The number of benzene rings is 1. The van der Waals surface area contributed by atoms with E-state index in [0.717, 1.165) is 0 Å². The number of hydrogen-bond acceptors (Lipinski definition) is 5. The van der Waals surface area contributed by atoms with Crippen molar-refractivity contribution in [3.8, 4) is 0 Å². The van der Waals surface area contributed by atoms with Crippen LogP contribution in [0.4, 0.5) is 5.69 Å². The summed E-state index contributed by atoms with van der Waals surface area (Å²) in [6, 6.07) is 4.29. The number of amides is 1. The van der Waals surface area contributed by atoms with Gasteiger partial charge in [0.1, 0.15) is 11.6 Å². The Hall–Kier alpha value is -2.90. The van der Waals surface area contributed by atoms with E-state index in [-0.39, 0.29) is 23.8 Å². The van der Waals surface area contributed by atoms with E-state index in [1.54, 1.807) is 0 Å². The highest BCUT2D eigenvalue weighted by Gasteiger charge is 2.23. The number of non-ortho nitro benzene ring substituents is 1. The Bertz CT molecular complexity index is 764. The molecule has 0 fully saturated rings. The zero-order valence-corrected chi connectivity index (χ0v) is 12.6. The Balaban J connectivity index is 2.23. The van der Waals surface area contributed by atoms with Gasteiger partial charge in [-0.05, 0) is 24.5 Å². The van der Waals surface area contributed by atoms with Crippen LogP contribution < -0.4 is 5.32 Å². The summed E-state index contributed by atoms with van der Waals surface area (Å²) in [5.41, 5.74) is 0.199. The van der Waals surface area contributed by atoms with Gasteiger partial charge in [0.05, 0.1) is 4.92 Å². The number of carboxylic acids is 1. The second-order valence-electron chi connectivity index (χ2n) is 5.58. The zero-order valence-electron chi connectivity index (χ0n) is 12.6. The number of nitrogens with one attached hydrogen (secondary N) is 1. The number of fused-ring (bicyclic) bond motifs is 1. The monoisotopic (exact) mass is 320 g/mol. The van der Waals surface area contributed by atoms with Crippen molar-refractivity contribution in [2.24, 2.45) is 5.92 Å². The van der Waals surface area contributed by atoms with Crippen molar-refractivity contribution < 1.29 is 24.0 Å². The van der Waals surface area contributed by atoms with Gasteiger partial charge in [-0.25, -0.2) is 4.79 Å². The highest BCUT2D eigenvalue weighted by atomic mass is 16.6. The van der Waals surface area contributed by atoms with Crippen molar-refractivity contribution in [1.29, 1.82) is 0 Å². The lowest BCUT2D eigenvalue weighted by molar-refractivity contribution is -0.384. The molecule has 0 aliphatic heterocycles. The van der Waals surface area contributed by atoms with Crippen molar-refractivity contribution in [3.05, 3.63) is 40.1 Å². The fraction of sp³-hybridized carbons (Fsp3) is 0.333. The average Bonchev–Trinajstić information content (AvgIpc) is 2.88. The molecule has 2 rings (SSSR count). The van der Waals surface area contributed by atoms with E-state index >= 15 is 0 Å². The zero-order chi connectivity index (χ0) is 17.1. The van der Waals surface area contributed by atoms with Gasteiger partial charge in [0.25, 0.3) is 11.6 Å². The first-order valence-corrected chi connectivity index (χ1v) is 6.99. The molecular weight excluding hydrogens is 304 g/mol. The third kappa shape index (κ3) is 3.85. The smallest absolute Gasteiger partial charge is 0.326 e. The fourth-order valence-electron chi connectivity index (χ4n) is 2.18. The largest absolute Gasteiger partial charge is 0.480 e. The number of rotatable bonds is 6. The highest BCUT2D eigenvalue weighted by molar-refractivity contribution is 5.98. The van der Waals surface area contributed by atoms with Gasteiger partial charge < -0.3 is 14.8 Å². The molecule has 0 aliphatic rings. The summed E-state index contributed by atoms with van der Waals surface area (Å²) < 4.78 is 5.32. The summed E-state index contributed by atoms with van der Waals surface area (Å²) in [6.07, 6.45) is 0.284. The molecule has 8 nitrogen and oxygen atoms in total. The topological polar surface area (TPSA) is 123 Å². The number of carboxylic acid groups (broad SMARTS) is 1. The number of aliphatic carboxylic acids is 1. The quantitative estimate of drug-likeness (QED) is 0.623.